The third kappa shape index (κ3) is 10.9. The molecule has 0 aliphatic carbocycles. The number of nitrogens with one attached hydrogen (secondary N) is 2. The summed E-state index contributed by atoms with van der Waals surface area (Å²) >= 11 is 24.8. The van der Waals surface area contributed by atoms with Crippen LogP contribution in [0.25, 0.3) is 5.69 Å². The number of carbonyl (C=O) groups excluding carboxylic acids is 1. The maximum atomic E-state index is 12.9. The van der Waals surface area contributed by atoms with Gasteiger partial charge in [-0.2, -0.15) is 0 Å². The van der Waals surface area contributed by atoms with E-state index in [1.165, 1.54) is 61.4 Å². The molecule has 1 amide bonds. The molecule has 41 heavy (non-hydrogen) atoms. The van der Waals surface area contributed by atoms with Crippen molar-refractivity contribution in [3.8, 4) is 5.69 Å². The highest BCUT2D eigenvalue weighted by molar-refractivity contribution is 6.40. The van der Waals surface area contributed by atoms with Gasteiger partial charge in [-0.15, -0.1) is 11.6 Å². The molecule has 0 radical (unpaired) electrons. The van der Waals surface area contributed by atoms with Gasteiger partial charge < -0.3 is 0 Å². The Labute approximate surface area is 263 Å². The number of halogens is 4. The van der Waals surface area contributed by atoms with Gasteiger partial charge in [0.2, 0.25) is 5.91 Å². The third-order valence-corrected chi connectivity index (χ3v) is 8.07. The SMILES string of the molecule is CC(Cl)CCC(C)CCCCCCCCCC(=O)NN(c1ccccc1)c1cc(=O)n(-c2c(Cl)cc(Cl)cc2Cl)[nH]1. The second-order valence-corrected chi connectivity index (χ2v) is 12.7. The lowest BCUT2D eigenvalue weighted by molar-refractivity contribution is -0.121. The summed E-state index contributed by atoms with van der Waals surface area (Å²) in [6.07, 6.45) is 11.8. The van der Waals surface area contributed by atoms with Crippen LogP contribution >= 0.6 is 46.4 Å². The van der Waals surface area contributed by atoms with Crippen LogP contribution in [0.4, 0.5) is 11.5 Å². The van der Waals surface area contributed by atoms with Crippen molar-refractivity contribution in [2.24, 2.45) is 5.92 Å². The van der Waals surface area contributed by atoms with Gasteiger partial charge in [-0.3, -0.25) is 20.1 Å². The van der Waals surface area contributed by atoms with Crippen LogP contribution in [-0.2, 0) is 4.79 Å². The fraction of sp³-hybridized carbons (Fsp3) is 0.484. The van der Waals surface area contributed by atoms with Crippen LogP contribution in [0.3, 0.4) is 0 Å². The van der Waals surface area contributed by atoms with Crippen molar-refractivity contribution in [2.45, 2.75) is 89.9 Å². The van der Waals surface area contributed by atoms with Crippen LogP contribution in [0.5, 0.6) is 0 Å². The number of para-hydroxylation sites is 1. The number of hydrogen-bond donors (Lipinski definition) is 2. The molecule has 1 aromatic heterocycles. The molecule has 1 heterocycles. The van der Waals surface area contributed by atoms with E-state index in [4.69, 9.17) is 46.4 Å². The summed E-state index contributed by atoms with van der Waals surface area (Å²) in [5, 5.41) is 5.66. The van der Waals surface area contributed by atoms with Gasteiger partial charge in [-0.05, 0) is 56.4 Å². The molecule has 2 aromatic carbocycles. The first-order valence-electron chi connectivity index (χ1n) is 14.4. The van der Waals surface area contributed by atoms with Crippen molar-refractivity contribution in [3.05, 3.63) is 74.0 Å². The number of hydrazine groups is 1. The zero-order valence-corrected chi connectivity index (χ0v) is 26.8. The predicted octanol–water partition coefficient (Wildman–Crippen LogP) is 9.85. The number of hydrogen-bond acceptors (Lipinski definition) is 3. The van der Waals surface area contributed by atoms with Crippen LogP contribution in [0.2, 0.25) is 15.1 Å². The Hall–Kier alpha value is -2.12. The van der Waals surface area contributed by atoms with Gasteiger partial charge in [0.1, 0.15) is 5.69 Å². The molecule has 3 rings (SSSR count). The van der Waals surface area contributed by atoms with Gasteiger partial charge in [0.05, 0.1) is 15.7 Å². The number of carbonyl (C=O) groups is 1. The second kappa shape index (κ2) is 17.1. The number of amides is 1. The number of anilines is 2. The van der Waals surface area contributed by atoms with Crippen molar-refractivity contribution in [1.82, 2.24) is 15.2 Å². The molecule has 0 fully saturated rings. The zero-order chi connectivity index (χ0) is 29.8. The molecule has 10 heteroatoms. The number of benzene rings is 2. The van der Waals surface area contributed by atoms with Crippen molar-refractivity contribution in [2.75, 3.05) is 5.01 Å². The van der Waals surface area contributed by atoms with Gasteiger partial charge in [0, 0.05) is 22.9 Å². The Kier molecular flexibility index (Phi) is 13.9. The third-order valence-electron chi connectivity index (χ3n) is 7.06. The van der Waals surface area contributed by atoms with Crippen molar-refractivity contribution in [3.63, 3.8) is 0 Å². The maximum Gasteiger partial charge on any atom is 0.273 e. The van der Waals surface area contributed by atoms with Gasteiger partial charge in [-0.1, -0.05) is 105 Å². The largest absolute Gasteiger partial charge is 0.274 e. The zero-order valence-electron chi connectivity index (χ0n) is 23.8. The Morgan fingerprint density at radius 2 is 1.49 bits per heavy atom. The van der Waals surface area contributed by atoms with Crippen molar-refractivity contribution >= 4 is 63.8 Å². The summed E-state index contributed by atoms with van der Waals surface area (Å²) in [5.74, 6) is 0.975. The highest BCUT2D eigenvalue weighted by Crippen LogP contribution is 2.32. The molecule has 0 bridgehead atoms. The molecule has 0 saturated carbocycles. The molecule has 0 spiro atoms. The molecular weight excluding hydrogens is 602 g/mol. The average Bonchev–Trinajstić information content (AvgIpc) is 3.30. The minimum atomic E-state index is -0.388. The number of nitrogens with zero attached hydrogens (tertiary/aromatic N) is 2. The van der Waals surface area contributed by atoms with E-state index in [1.807, 2.05) is 30.3 Å². The van der Waals surface area contributed by atoms with Gasteiger partial charge in [-0.25, -0.2) is 9.69 Å². The monoisotopic (exact) mass is 640 g/mol. The summed E-state index contributed by atoms with van der Waals surface area (Å²) < 4.78 is 1.24. The summed E-state index contributed by atoms with van der Waals surface area (Å²) in [7, 11) is 0. The number of H-pyrrole nitrogens is 1. The van der Waals surface area contributed by atoms with E-state index in [2.05, 4.69) is 24.4 Å². The molecule has 6 nitrogen and oxygen atoms in total. The summed E-state index contributed by atoms with van der Waals surface area (Å²) in [6, 6.07) is 13.7. The fourth-order valence-electron chi connectivity index (χ4n) is 4.75. The van der Waals surface area contributed by atoms with Crippen molar-refractivity contribution < 1.29 is 4.79 Å². The van der Waals surface area contributed by atoms with E-state index in [-0.39, 0.29) is 32.6 Å². The predicted molar refractivity (Wildman–Crippen MR) is 173 cm³/mol. The van der Waals surface area contributed by atoms with E-state index in [9.17, 15) is 9.59 Å². The molecule has 0 saturated heterocycles. The van der Waals surface area contributed by atoms with E-state index in [1.54, 1.807) is 5.01 Å². The van der Waals surface area contributed by atoms with Crippen molar-refractivity contribution in [1.29, 1.82) is 0 Å². The van der Waals surface area contributed by atoms with Gasteiger partial charge in [0.25, 0.3) is 5.56 Å². The van der Waals surface area contributed by atoms with Crippen LogP contribution < -0.4 is 16.0 Å². The second-order valence-electron chi connectivity index (χ2n) is 10.7. The van der Waals surface area contributed by atoms with Gasteiger partial charge >= 0.3 is 0 Å². The average molecular weight is 642 g/mol. The lowest BCUT2D eigenvalue weighted by Gasteiger charge is -2.23. The Morgan fingerprint density at radius 3 is 2.12 bits per heavy atom. The minimum Gasteiger partial charge on any atom is -0.274 e. The minimum absolute atomic E-state index is 0.134. The molecular formula is C31H40Cl4N4O2. The Balaban J connectivity index is 1.50. The number of unbranched alkanes of at least 4 members (excludes halogenated alkanes) is 6. The smallest absolute Gasteiger partial charge is 0.273 e. The van der Waals surface area contributed by atoms with E-state index >= 15 is 0 Å². The molecule has 3 aromatic rings. The molecule has 2 atom stereocenters. The van der Waals surface area contributed by atoms with E-state index in [0.29, 0.717) is 22.9 Å². The van der Waals surface area contributed by atoms with E-state index < -0.39 is 0 Å². The molecule has 0 aliphatic rings. The first-order chi connectivity index (χ1) is 19.7. The fourth-order valence-corrected chi connectivity index (χ4v) is 5.87. The van der Waals surface area contributed by atoms with Crippen LogP contribution in [0, 0.1) is 5.92 Å². The van der Waals surface area contributed by atoms with Crippen LogP contribution in [0.1, 0.15) is 84.5 Å². The van der Waals surface area contributed by atoms with Gasteiger partial charge in [0.15, 0.2) is 5.82 Å². The summed E-state index contributed by atoms with van der Waals surface area (Å²) in [6.45, 7) is 4.38. The standard InChI is InChI=1S/C31H40Cl4N4O2/c1-22(17-18-23(2)32)13-9-6-4-3-5-7-12-16-29(40)37-38(25-14-10-8-11-15-25)28-21-30(41)39(36-28)31-26(34)19-24(33)20-27(31)35/h8,10-11,14-15,19-23,36H,3-7,9,12-13,16-18H2,1-2H3,(H,37,40). The van der Waals surface area contributed by atoms with Crippen LogP contribution in [-0.4, -0.2) is 21.1 Å². The Bertz CT molecular complexity index is 1270. The lowest BCUT2D eigenvalue weighted by atomic mass is 9.97. The normalized spacial score (nSPS) is 12.7. The lowest BCUT2D eigenvalue weighted by Crippen LogP contribution is -2.39. The molecule has 2 unspecified atom stereocenters. The highest BCUT2D eigenvalue weighted by atomic mass is 35.5. The summed E-state index contributed by atoms with van der Waals surface area (Å²) in [5.41, 5.74) is 3.52. The van der Waals surface area contributed by atoms with Crippen LogP contribution in [0.15, 0.2) is 53.3 Å². The quantitative estimate of drug-likeness (QED) is 0.0875. The summed E-state index contributed by atoms with van der Waals surface area (Å²) in [4.78, 5) is 25.8. The Morgan fingerprint density at radius 1 is 0.878 bits per heavy atom. The number of rotatable bonds is 17. The highest BCUT2D eigenvalue weighted by Gasteiger charge is 2.19. The number of alkyl halides is 1. The van der Waals surface area contributed by atoms with E-state index in [0.717, 1.165) is 31.6 Å². The maximum absolute atomic E-state index is 12.9. The number of aromatic nitrogens is 2. The topological polar surface area (TPSA) is 70.1 Å². The number of aromatic amines is 1. The first kappa shape index (κ1) is 33.4. The molecule has 2 N–H and O–H groups in total. The first-order valence-corrected chi connectivity index (χ1v) is 16.0. The molecule has 0 aliphatic heterocycles. The molecule has 224 valence electrons.